The molecule has 1 aliphatic carbocycles. The van der Waals surface area contributed by atoms with Crippen molar-refractivity contribution >= 4 is 0 Å². The number of hydrogen-bond donors (Lipinski definition) is 1. The molecule has 1 fully saturated rings. The molecule has 2 heteroatoms. The predicted molar refractivity (Wildman–Crippen MR) is 44.6 cm³/mol. The van der Waals surface area contributed by atoms with E-state index in [2.05, 4.69) is 17.1 Å². The van der Waals surface area contributed by atoms with Crippen molar-refractivity contribution in [3.8, 4) is 0 Å². The smallest absolute Gasteiger partial charge is 0.0522 e. The second kappa shape index (κ2) is 2.68. The molecule has 0 saturated heterocycles. The molecule has 0 bridgehead atoms. The van der Waals surface area contributed by atoms with E-state index in [0.29, 0.717) is 0 Å². The van der Waals surface area contributed by atoms with Crippen LogP contribution in [-0.4, -0.2) is 10.2 Å². The number of nitrogens with one attached hydrogen (secondary N) is 1. The molecular weight excluding hydrogens is 136 g/mol. The van der Waals surface area contributed by atoms with Gasteiger partial charge in [0.1, 0.15) is 0 Å². The van der Waals surface area contributed by atoms with Crippen LogP contribution in [0.3, 0.4) is 0 Å². The molecule has 60 valence electrons. The zero-order chi connectivity index (χ0) is 7.68. The monoisotopic (exact) mass is 150 g/mol. The number of aromatic amines is 1. The number of H-pyrrole nitrogens is 1. The highest BCUT2D eigenvalue weighted by Crippen LogP contribution is 2.40. The Labute approximate surface area is 67.0 Å². The van der Waals surface area contributed by atoms with Crippen molar-refractivity contribution in [2.45, 2.75) is 38.5 Å². The SMILES string of the molecule is CCCc1cn[nH]c1C1CC1. The first kappa shape index (κ1) is 6.89. The fourth-order valence-corrected chi connectivity index (χ4v) is 1.52. The lowest BCUT2D eigenvalue weighted by Crippen LogP contribution is -1.87. The van der Waals surface area contributed by atoms with Crippen LogP contribution in [0.15, 0.2) is 6.20 Å². The molecule has 0 aliphatic heterocycles. The van der Waals surface area contributed by atoms with Crippen LogP contribution in [-0.2, 0) is 6.42 Å². The largest absolute Gasteiger partial charge is 0.282 e. The van der Waals surface area contributed by atoms with E-state index in [1.165, 1.54) is 36.9 Å². The van der Waals surface area contributed by atoms with E-state index in [1.54, 1.807) is 0 Å². The molecule has 0 radical (unpaired) electrons. The summed E-state index contributed by atoms with van der Waals surface area (Å²) < 4.78 is 0. The Balaban J connectivity index is 2.16. The minimum absolute atomic E-state index is 0.819. The summed E-state index contributed by atoms with van der Waals surface area (Å²) in [5.74, 6) is 0.819. The second-order valence-electron chi connectivity index (χ2n) is 3.33. The van der Waals surface area contributed by atoms with Crippen LogP contribution in [0.4, 0.5) is 0 Å². The molecule has 1 aromatic rings. The van der Waals surface area contributed by atoms with Gasteiger partial charge in [-0.3, -0.25) is 5.10 Å². The van der Waals surface area contributed by atoms with Gasteiger partial charge in [0.05, 0.1) is 6.20 Å². The van der Waals surface area contributed by atoms with Crippen molar-refractivity contribution in [3.63, 3.8) is 0 Å². The third kappa shape index (κ3) is 1.30. The molecule has 0 amide bonds. The van der Waals surface area contributed by atoms with Crippen molar-refractivity contribution in [1.29, 1.82) is 0 Å². The molecule has 1 aliphatic rings. The van der Waals surface area contributed by atoms with E-state index >= 15 is 0 Å². The lowest BCUT2D eigenvalue weighted by atomic mass is 10.1. The lowest BCUT2D eigenvalue weighted by molar-refractivity contribution is 0.886. The molecular formula is C9H14N2. The van der Waals surface area contributed by atoms with Gasteiger partial charge < -0.3 is 0 Å². The zero-order valence-electron chi connectivity index (χ0n) is 6.93. The highest BCUT2D eigenvalue weighted by atomic mass is 15.1. The maximum absolute atomic E-state index is 4.08. The fraction of sp³-hybridized carbons (Fsp3) is 0.667. The van der Waals surface area contributed by atoms with Crippen LogP contribution >= 0.6 is 0 Å². The minimum atomic E-state index is 0.819. The third-order valence-corrected chi connectivity index (χ3v) is 2.26. The van der Waals surface area contributed by atoms with Gasteiger partial charge >= 0.3 is 0 Å². The van der Waals surface area contributed by atoms with Crippen molar-refractivity contribution < 1.29 is 0 Å². The Kier molecular flexibility index (Phi) is 1.68. The Morgan fingerprint density at radius 1 is 1.64 bits per heavy atom. The number of aromatic nitrogens is 2. The van der Waals surface area contributed by atoms with Crippen molar-refractivity contribution in [3.05, 3.63) is 17.5 Å². The quantitative estimate of drug-likeness (QED) is 0.703. The molecule has 11 heavy (non-hydrogen) atoms. The van der Waals surface area contributed by atoms with Crippen LogP contribution in [0.2, 0.25) is 0 Å². The molecule has 1 heterocycles. The zero-order valence-corrected chi connectivity index (χ0v) is 6.93. The summed E-state index contributed by atoms with van der Waals surface area (Å²) in [5.41, 5.74) is 2.85. The standard InChI is InChI=1S/C9H14N2/c1-2-3-8-6-10-11-9(8)7-4-5-7/h6-7H,2-5H2,1H3,(H,10,11). The summed E-state index contributed by atoms with van der Waals surface area (Å²) in [6.45, 7) is 2.21. The first-order chi connectivity index (χ1) is 5.42. The van der Waals surface area contributed by atoms with Gasteiger partial charge in [0.25, 0.3) is 0 Å². The Bertz CT molecular complexity index is 235. The number of aryl methyl sites for hydroxylation is 1. The highest BCUT2D eigenvalue weighted by Gasteiger charge is 2.27. The number of nitrogens with zero attached hydrogens (tertiary/aromatic N) is 1. The number of rotatable bonds is 3. The molecule has 2 nitrogen and oxygen atoms in total. The molecule has 1 aromatic heterocycles. The molecule has 0 aromatic carbocycles. The molecule has 0 spiro atoms. The van der Waals surface area contributed by atoms with Gasteiger partial charge in [-0.05, 0) is 24.8 Å². The first-order valence-corrected chi connectivity index (χ1v) is 4.44. The van der Waals surface area contributed by atoms with Gasteiger partial charge in [-0.15, -0.1) is 0 Å². The van der Waals surface area contributed by atoms with E-state index in [0.717, 1.165) is 5.92 Å². The van der Waals surface area contributed by atoms with E-state index in [9.17, 15) is 0 Å². The average Bonchev–Trinajstić information content (AvgIpc) is 2.75. The minimum Gasteiger partial charge on any atom is -0.282 e. The van der Waals surface area contributed by atoms with E-state index in [4.69, 9.17) is 0 Å². The van der Waals surface area contributed by atoms with Crippen LogP contribution in [0.5, 0.6) is 0 Å². The summed E-state index contributed by atoms with van der Waals surface area (Å²) in [6, 6.07) is 0. The summed E-state index contributed by atoms with van der Waals surface area (Å²) in [6.07, 6.45) is 7.11. The van der Waals surface area contributed by atoms with Crippen LogP contribution in [0.1, 0.15) is 43.4 Å². The molecule has 1 saturated carbocycles. The lowest BCUT2D eigenvalue weighted by Gasteiger charge is -1.96. The Morgan fingerprint density at radius 3 is 3.09 bits per heavy atom. The molecule has 1 N–H and O–H groups in total. The van der Waals surface area contributed by atoms with Gasteiger partial charge in [0, 0.05) is 11.6 Å². The summed E-state index contributed by atoms with van der Waals surface area (Å²) in [4.78, 5) is 0. The van der Waals surface area contributed by atoms with Crippen molar-refractivity contribution in [1.82, 2.24) is 10.2 Å². The van der Waals surface area contributed by atoms with Gasteiger partial charge in [0.2, 0.25) is 0 Å². The highest BCUT2D eigenvalue weighted by molar-refractivity contribution is 5.24. The number of hydrogen-bond acceptors (Lipinski definition) is 1. The van der Waals surface area contributed by atoms with E-state index < -0.39 is 0 Å². The molecule has 0 unspecified atom stereocenters. The van der Waals surface area contributed by atoms with Crippen LogP contribution in [0, 0.1) is 0 Å². The molecule has 0 atom stereocenters. The summed E-state index contributed by atoms with van der Waals surface area (Å²) in [5, 5.41) is 7.18. The van der Waals surface area contributed by atoms with E-state index in [-0.39, 0.29) is 0 Å². The topological polar surface area (TPSA) is 28.7 Å². The maximum Gasteiger partial charge on any atom is 0.0522 e. The summed E-state index contributed by atoms with van der Waals surface area (Å²) in [7, 11) is 0. The summed E-state index contributed by atoms with van der Waals surface area (Å²) >= 11 is 0. The average molecular weight is 150 g/mol. The maximum atomic E-state index is 4.08. The van der Waals surface area contributed by atoms with Crippen molar-refractivity contribution in [2.75, 3.05) is 0 Å². The van der Waals surface area contributed by atoms with Crippen LogP contribution in [0.25, 0.3) is 0 Å². The van der Waals surface area contributed by atoms with E-state index in [1.807, 2.05) is 6.20 Å². The normalized spacial score (nSPS) is 17.2. The van der Waals surface area contributed by atoms with Gasteiger partial charge in [-0.2, -0.15) is 5.10 Å². The van der Waals surface area contributed by atoms with Gasteiger partial charge in [0.15, 0.2) is 0 Å². The van der Waals surface area contributed by atoms with Crippen LogP contribution < -0.4 is 0 Å². The van der Waals surface area contributed by atoms with Gasteiger partial charge in [-0.25, -0.2) is 0 Å². The predicted octanol–water partition coefficient (Wildman–Crippen LogP) is 2.24. The van der Waals surface area contributed by atoms with Gasteiger partial charge in [-0.1, -0.05) is 13.3 Å². The Morgan fingerprint density at radius 2 is 2.45 bits per heavy atom. The first-order valence-electron chi connectivity index (χ1n) is 4.44. The second-order valence-corrected chi connectivity index (χ2v) is 3.33. The Hall–Kier alpha value is -0.790. The molecule has 2 rings (SSSR count). The third-order valence-electron chi connectivity index (χ3n) is 2.26. The van der Waals surface area contributed by atoms with Crippen molar-refractivity contribution in [2.24, 2.45) is 0 Å². The fourth-order valence-electron chi connectivity index (χ4n) is 1.52.